The molecule has 0 bridgehead atoms. The average molecular weight is 421 g/mol. The van der Waals surface area contributed by atoms with E-state index in [0.717, 1.165) is 34.8 Å². The van der Waals surface area contributed by atoms with Crippen LogP contribution in [0.5, 0.6) is 0 Å². The van der Waals surface area contributed by atoms with Crippen LogP contribution in [0.2, 0.25) is 0 Å². The Morgan fingerprint density at radius 1 is 1.20 bits per heavy atom. The molecule has 1 aliphatic heterocycles. The highest BCUT2D eigenvalue weighted by Gasteiger charge is 2.35. The van der Waals surface area contributed by atoms with Gasteiger partial charge in [0.2, 0.25) is 11.1 Å². The maximum absolute atomic E-state index is 13.4. The van der Waals surface area contributed by atoms with E-state index in [9.17, 15) is 4.79 Å². The van der Waals surface area contributed by atoms with Crippen molar-refractivity contribution in [1.29, 1.82) is 0 Å². The van der Waals surface area contributed by atoms with Crippen LogP contribution in [0.25, 0.3) is 0 Å². The van der Waals surface area contributed by atoms with Crippen LogP contribution in [-0.2, 0) is 4.79 Å². The summed E-state index contributed by atoms with van der Waals surface area (Å²) >= 11 is 1.60. The third kappa shape index (κ3) is 3.95. The maximum atomic E-state index is 13.4. The van der Waals surface area contributed by atoms with Gasteiger partial charge in [0, 0.05) is 23.3 Å². The van der Waals surface area contributed by atoms with E-state index in [1.165, 1.54) is 0 Å². The molecule has 0 saturated carbocycles. The Kier molecular flexibility index (Phi) is 5.85. The van der Waals surface area contributed by atoms with Crippen molar-refractivity contribution in [2.75, 3.05) is 16.4 Å². The first-order chi connectivity index (χ1) is 14.6. The Bertz CT molecular complexity index is 1090. The molecule has 0 aliphatic carbocycles. The Morgan fingerprint density at radius 2 is 2.00 bits per heavy atom. The molecule has 3 aromatic rings. The Morgan fingerprint density at radius 3 is 2.73 bits per heavy atom. The Balaban J connectivity index is 1.75. The minimum atomic E-state index is -0.463. The molecule has 7 nitrogen and oxygen atoms in total. The lowest BCUT2D eigenvalue weighted by molar-refractivity contribution is -0.113. The second-order valence-electron chi connectivity index (χ2n) is 7.10. The molecule has 154 valence electrons. The van der Waals surface area contributed by atoms with Crippen molar-refractivity contribution < 1.29 is 4.79 Å². The minimum absolute atomic E-state index is 0.186. The number of thioether (sulfide) groups is 1. The topological polar surface area (TPSA) is 84.7 Å². The zero-order chi connectivity index (χ0) is 21.1. The van der Waals surface area contributed by atoms with Crippen LogP contribution in [0.3, 0.4) is 0 Å². The van der Waals surface area contributed by atoms with Crippen LogP contribution in [0.4, 0.5) is 11.6 Å². The number of hydrogen-bond acceptors (Lipinski definition) is 6. The van der Waals surface area contributed by atoms with Gasteiger partial charge >= 0.3 is 0 Å². The zero-order valence-electron chi connectivity index (χ0n) is 17.2. The summed E-state index contributed by atoms with van der Waals surface area (Å²) in [4.78, 5) is 22.5. The van der Waals surface area contributed by atoms with Crippen LogP contribution in [0.15, 0.2) is 65.1 Å². The van der Waals surface area contributed by atoms with Gasteiger partial charge in [-0.05, 0) is 44.0 Å². The molecule has 4 rings (SSSR count). The second kappa shape index (κ2) is 8.71. The fraction of sp³-hybridized carbons (Fsp3) is 0.273. The summed E-state index contributed by atoms with van der Waals surface area (Å²) in [5, 5.41) is 11.7. The fourth-order valence-electron chi connectivity index (χ4n) is 3.39. The highest BCUT2D eigenvalue weighted by Crippen LogP contribution is 2.36. The van der Waals surface area contributed by atoms with E-state index < -0.39 is 6.04 Å². The van der Waals surface area contributed by atoms with Crippen LogP contribution in [0.1, 0.15) is 37.6 Å². The molecule has 3 heterocycles. The Hall–Kier alpha value is -3.13. The smallest absolute Gasteiger partial charge is 0.255 e. The number of anilines is 2. The van der Waals surface area contributed by atoms with E-state index in [1.807, 2.05) is 56.3 Å². The van der Waals surface area contributed by atoms with Crippen LogP contribution in [-0.4, -0.2) is 31.4 Å². The van der Waals surface area contributed by atoms with Gasteiger partial charge in [-0.15, -0.1) is 5.10 Å². The van der Waals surface area contributed by atoms with Gasteiger partial charge in [0.1, 0.15) is 6.04 Å². The summed E-state index contributed by atoms with van der Waals surface area (Å²) in [6.07, 6.45) is 2.76. The third-order valence-electron chi connectivity index (χ3n) is 4.87. The van der Waals surface area contributed by atoms with Crippen molar-refractivity contribution in [3.63, 3.8) is 0 Å². The number of fused-ring (bicyclic) bond motifs is 1. The standard InChI is InChI=1S/C22H24N6OS/c1-4-13-30-22-26-21-24-15(3)18(20(29)25-16-10-6-5-9-14(16)2)19(28(21)27-22)17-11-7-8-12-23-17/h5-12,19H,4,13H2,1-3H3,(H,25,29)(H,24,26,27). The second-order valence-corrected chi connectivity index (χ2v) is 8.16. The number of pyridine rings is 1. The molecule has 1 atom stereocenters. The Labute approximate surface area is 180 Å². The number of allylic oxidation sites excluding steroid dienone is 1. The number of benzene rings is 1. The predicted octanol–water partition coefficient (Wildman–Crippen LogP) is 4.41. The monoisotopic (exact) mass is 420 g/mol. The van der Waals surface area contributed by atoms with Gasteiger partial charge in [0.05, 0.1) is 11.3 Å². The zero-order valence-corrected chi connectivity index (χ0v) is 18.0. The first-order valence-electron chi connectivity index (χ1n) is 9.93. The number of nitrogens with zero attached hydrogens (tertiary/aromatic N) is 4. The predicted molar refractivity (Wildman–Crippen MR) is 120 cm³/mol. The summed E-state index contributed by atoms with van der Waals surface area (Å²) in [7, 11) is 0. The first-order valence-corrected chi connectivity index (χ1v) is 10.9. The number of carbonyl (C=O) groups excluding carboxylic acids is 1. The number of aromatic nitrogens is 4. The van der Waals surface area contributed by atoms with E-state index in [1.54, 1.807) is 22.6 Å². The van der Waals surface area contributed by atoms with E-state index >= 15 is 0 Å². The van der Waals surface area contributed by atoms with Gasteiger partial charge in [-0.25, -0.2) is 4.68 Å². The molecular formula is C22H24N6OS. The summed E-state index contributed by atoms with van der Waals surface area (Å²) in [6.45, 7) is 5.98. The van der Waals surface area contributed by atoms with E-state index in [0.29, 0.717) is 16.7 Å². The summed E-state index contributed by atoms with van der Waals surface area (Å²) in [6, 6.07) is 13.0. The van der Waals surface area contributed by atoms with E-state index in [4.69, 9.17) is 0 Å². The molecule has 1 aliphatic rings. The van der Waals surface area contributed by atoms with E-state index in [2.05, 4.69) is 32.6 Å². The van der Waals surface area contributed by atoms with Crippen LogP contribution < -0.4 is 10.6 Å². The number of aryl methyl sites for hydroxylation is 1. The molecule has 0 radical (unpaired) electrons. The number of hydrogen-bond donors (Lipinski definition) is 2. The third-order valence-corrected chi connectivity index (χ3v) is 5.92. The lowest BCUT2D eigenvalue weighted by atomic mass is 9.98. The molecule has 0 saturated heterocycles. The molecule has 8 heteroatoms. The van der Waals surface area contributed by atoms with Gasteiger partial charge in [-0.1, -0.05) is 43.0 Å². The van der Waals surface area contributed by atoms with Gasteiger partial charge in [0.15, 0.2) is 0 Å². The SMILES string of the molecule is CCCSc1nc2n(n1)C(c1ccccn1)C(C(=O)Nc1ccccc1C)=C(C)N2. The number of nitrogens with one attached hydrogen (secondary N) is 2. The lowest BCUT2D eigenvalue weighted by Crippen LogP contribution is -2.32. The molecule has 0 fully saturated rings. The molecule has 2 N–H and O–H groups in total. The molecule has 1 amide bonds. The number of amides is 1. The maximum Gasteiger partial charge on any atom is 0.255 e. The van der Waals surface area contributed by atoms with E-state index in [-0.39, 0.29) is 5.91 Å². The summed E-state index contributed by atoms with van der Waals surface area (Å²) in [5.74, 6) is 1.37. The van der Waals surface area contributed by atoms with Gasteiger partial charge in [-0.2, -0.15) is 4.98 Å². The normalized spacial score (nSPS) is 15.5. The highest BCUT2D eigenvalue weighted by molar-refractivity contribution is 7.99. The molecule has 1 aromatic carbocycles. The average Bonchev–Trinajstić information content (AvgIpc) is 3.15. The number of para-hydroxylation sites is 1. The van der Waals surface area contributed by atoms with Crippen molar-refractivity contribution in [1.82, 2.24) is 19.7 Å². The number of carbonyl (C=O) groups is 1. The molecule has 2 aromatic heterocycles. The largest absolute Gasteiger partial charge is 0.328 e. The van der Waals surface area contributed by atoms with Crippen molar-refractivity contribution in [2.45, 2.75) is 38.4 Å². The highest BCUT2D eigenvalue weighted by atomic mass is 32.2. The van der Waals surface area contributed by atoms with Crippen molar-refractivity contribution in [3.05, 3.63) is 71.2 Å². The van der Waals surface area contributed by atoms with Crippen molar-refractivity contribution in [3.8, 4) is 0 Å². The first kappa shape index (κ1) is 20.2. The van der Waals surface area contributed by atoms with Gasteiger partial charge in [0.25, 0.3) is 5.91 Å². The minimum Gasteiger partial charge on any atom is -0.328 e. The molecule has 30 heavy (non-hydrogen) atoms. The fourth-order valence-corrected chi connectivity index (χ4v) is 4.08. The quantitative estimate of drug-likeness (QED) is 0.575. The molecular weight excluding hydrogens is 396 g/mol. The summed E-state index contributed by atoms with van der Waals surface area (Å²) < 4.78 is 1.76. The lowest BCUT2D eigenvalue weighted by Gasteiger charge is -2.28. The summed E-state index contributed by atoms with van der Waals surface area (Å²) in [5.41, 5.74) is 3.84. The number of rotatable bonds is 6. The van der Waals surface area contributed by atoms with Crippen molar-refractivity contribution in [2.24, 2.45) is 0 Å². The van der Waals surface area contributed by atoms with Crippen LogP contribution >= 0.6 is 11.8 Å². The van der Waals surface area contributed by atoms with Crippen molar-refractivity contribution >= 4 is 29.3 Å². The van der Waals surface area contributed by atoms with Gasteiger partial charge in [-0.3, -0.25) is 9.78 Å². The van der Waals surface area contributed by atoms with Crippen LogP contribution in [0, 0.1) is 6.92 Å². The van der Waals surface area contributed by atoms with Gasteiger partial charge < -0.3 is 10.6 Å². The molecule has 0 spiro atoms. The molecule has 1 unspecified atom stereocenters.